The Labute approximate surface area is 112 Å². The highest BCUT2D eigenvalue weighted by Crippen LogP contribution is 2.09. The monoisotopic (exact) mass is 284 g/mol. The van der Waals surface area contributed by atoms with Gasteiger partial charge in [-0.2, -0.15) is 0 Å². The molecule has 6 nitrogen and oxygen atoms in total. The molecule has 0 radical (unpaired) electrons. The zero-order chi connectivity index (χ0) is 14.1. The molecule has 0 saturated carbocycles. The Kier molecular flexibility index (Phi) is 6.40. The van der Waals surface area contributed by atoms with Crippen LogP contribution in [0.3, 0.4) is 0 Å². The van der Waals surface area contributed by atoms with E-state index in [1.807, 2.05) is 30.3 Å². The van der Waals surface area contributed by atoms with E-state index in [-0.39, 0.29) is 0 Å². The van der Waals surface area contributed by atoms with Crippen molar-refractivity contribution in [2.24, 2.45) is 0 Å². The van der Waals surface area contributed by atoms with E-state index >= 15 is 0 Å². The van der Waals surface area contributed by atoms with Gasteiger partial charge in [-0.15, -0.1) is 4.58 Å². The van der Waals surface area contributed by atoms with E-state index in [9.17, 15) is 4.79 Å². The predicted octanol–water partition coefficient (Wildman–Crippen LogP) is 1.55. The number of carbonyl (C=O) groups is 1. The molecule has 0 aromatic heterocycles. The summed E-state index contributed by atoms with van der Waals surface area (Å²) < 4.78 is 19.6. The average Bonchev–Trinajstić information content (AvgIpc) is 2.48. The molecule has 0 heterocycles. The summed E-state index contributed by atoms with van der Waals surface area (Å²) in [5.74, 6) is -0.688. The van der Waals surface area contributed by atoms with Crippen LogP contribution in [0.25, 0.3) is 6.08 Å². The molecule has 0 unspecified atom stereocenters. The summed E-state index contributed by atoms with van der Waals surface area (Å²) in [4.78, 5) is 16.0. The van der Waals surface area contributed by atoms with Crippen molar-refractivity contribution in [1.29, 1.82) is 0 Å². The zero-order valence-electron chi connectivity index (χ0n) is 11.0. The van der Waals surface area contributed by atoms with Crippen molar-refractivity contribution in [3.8, 4) is 0 Å². The molecule has 0 aliphatic carbocycles. The van der Waals surface area contributed by atoms with Crippen LogP contribution in [-0.2, 0) is 27.5 Å². The Balaban J connectivity index is 2.50. The second kappa shape index (κ2) is 7.82. The van der Waals surface area contributed by atoms with Gasteiger partial charge in [-0.05, 0) is 11.6 Å². The topological polar surface area (TPSA) is 63.2 Å². The summed E-state index contributed by atoms with van der Waals surface area (Å²) in [6, 6.07) is 9.31. The fraction of sp³-hybridized carbons (Fsp3) is 0.250. The van der Waals surface area contributed by atoms with Gasteiger partial charge in [-0.3, -0.25) is 4.89 Å². The van der Waals surface area contributed by atoms with Crippen LogP contribution in [0.4, 0.5) is 0 Å². The Morgan fingerprint density at radius 3 is 2.16 bits per heavy atom. The highest BCUT2D eigenvalue weighted by atomic mass is 28.4. The van der Waals surface area contributed by atoms with E-state index in [4.69, 9.17) is 17.9 Å². The molecule has 1 aromatic rings. The molecule has 0 fully saturated rings. The molecule has 0 atom stereocenters. The third-order valence-corrected chi connectivity index (χ3v) is 3.97. The maximum absolute atomic E-state index is 11.4. The van der Waals surface area contributed by atoms with Crippen LogP contribution >= 0.6 is 0 Å². The van der Waals surface area contributed by atoms with Crippen molar-refractivity contribution in [2.75, 3.05) is 21.3 Å². The van der Waals surface area contributed by atoms with Crippen LogP contribution in [-0.4, -0.2) is 36.3 Å². The summed E-state index contributed by atoms with van der Waals surface area (Å²) in [5.41, 5.74) is 0.869. The third-order valence-electron chi connectivity index (χ3n) is 2.19. The van der Waals surface area contributed by atoms with Crippen molar-refractivity contribution in [3.05, 3.63) is 42.0 Å². The van der Waals surface area contributed by atoms with E-state index < -0.39 is 15.0 Å². The Morgan fingerprint density at radius 2 is 1.63 bits per heavy atom. The quantitative estimate of drug-likeness (QED) is 0.328. The molecule has 0 bridgehead atoms. The lowest BCUT2D eigenvalue weighted by atomic mass is 10.2. The fourth-order valence-electron chi connectivity index (χ4n) is 1.20. The number of hydrogen-bond donors (Lipinski definition) is 0. The normalized spacial score (nSPS) is 11.7. The molecular formula is C12H16O6Si. The van der Waals surface area contributed by atoms with Gasteiger partial charge in [-0.25, -0.2) is 4.79 Å². The Bertz CT molecular complexity index is 407. The van der Waals surface area contributed by atoms with Crippen molar-refractivity contribution < 1.29 is 27.5 Å². The third kappa shape index (κ3) is 4.93. The van der Waals surface area contributed by atoms with Crippen molar-refractivity contribution in [1.82, 2.24) is 0 Å². The van der Waals surface area contributed by atoms with Crippen LogP contribution in [0.2, 0.25) is 0 Å². The lowest BCUT2D eigenvalue weighted by Crippen LogP contribution is -2.46. The van der Waals surface area contributed by atoms with Crippen molar-refractivity contribution in [3.63, 3.8) is 0 Å². The molecule has 0 aliphatic heterocycles. The van der Waals surface area contributed by atoms with Crippen LogP contribution in [0.15, 0.2) is 36.4 Å². The number of rotatable bonds is 7. The summed E-state index contributed by atoms with van der Waals surface area (Å²) in [5, 5.41) is 0. The van der Waals surface area contributed by atoms with E-state index in [2.05, 4.69) is 4.89 Å². The highest BCUT2D eigenvalue weighted by Gasteiger charge is 2.45. The second-order valence-corrected chi connectivity index (χ2v) is 5.73. The van der Waals surface area contributed by atoms with Crippen molar-refractivity contribution in [2.45, 2.75) is 0 Å². The number of hydrogen-bond acceptors (Lipinski definition) is 6. The summed E-state index contributed by atoms with van der Waals surface area (Å²) >= 11 is 0. The SMILES string of the molecule is CO[Si](OC)(OC)OOC(=O)/C=C/c1ccccc1. The first-order chi connectivity index (χ1) is 9.15. The molecule has 0 spiro atoms. The minimum atomic E-state index is -3.37. The van der Waals surface area contributed by atoms with Gasteiger partial charge >= 0.3 is 15.0 Å². The molecule has 1 aromatic carbocycles. The lowest BCUT2D eigenvalue weighted by Gasteiger charge is -2.20. The van der Waals surface area contributed by atoms with Crippen LogP contribution in [0, 0.1) is 0 Å². The molecule has 0 aliphatic rings. The highest BCUT2D eigenvalue weighted by molar-refractivity contribution is 6.53. The Hall–Kier alpha value is -1.51. The fourth-order valence-corrected chi connectivity index (χ4v) is 2.09. The molecule has 0 saturated heterocycles. The molecule has 1 rings (SSSR count). The largest absolute Gasteiger partial charge is 0.716 e. The maximum Gasteiger partial charge on any atom is 0.716 e. The van der Waals surface area contributed by atoms with E-state index in [0.717, 1.165) is 5.56 Å². The van der Waals surface area contributed by atoms with Gasteiger partial charge in [0.15, 0.2) is 0 Å². The second-order valence-electron chi connectivity index (χ2n) is 3.34. The van der Waals surface area contributed by atoms with Gasteiger partial charge in [0, 0.05) is 27.4 Å². The van der Waals surface area contributed by atoms with Crippen LogP contribution < -0.4 is 0 Å². The molecule has 7 heteroatoms. The minimum Gasteiger partial charge on any atom is -0.353 e. The van der Waals surface area contributed by atoms with Gasteiger partial charge in [0.05, 0.1) is 0 Å². The first kappa shape index (κ1) is 15.5. The summed E-state index contributed by atoms with van der Waals surface area (Å²) in [7, 11) is 0.655. The van der Waals surface area contributed by atoms with E-state index in [1.54, 1.807) is 6.08 Å². The van der Waals surface area contributed by atoms with Gasteiger partial charge in [0.1, 0.15) is 0 Å². The van der Waals surface area contributed by atoms with E-state index in [0.29, 0.717) is 0 Å². The van der Waals surface area contributed by atoms with Gasteiger partial charge in [0.2, 0.25) is 0 Å². The van der Waals surface area contributed by atoms with Gasteiger partial charge < -0.3 is 13.3 Å². The minimum absolute atomic E-state index is 0.688. The molecule has 104 valence electrons. The maximum atomic E-state index is 11.4. The average molecular weight is 284 g/mol. The van der Waals surface area contributed by atoms with Gasteiger partial charge in [-0.1, -0.05) is 30.3 Å². The molecule has 0 amide bonds. The van der Waals surface area contributed by atoms with E-state index in [1.165, 1.54) is 27.4 Å². The van der Waals surface area contributed by atoms with Gasteiger partial charge in [0.25, 0.3) is 0 Å². The molecular weight excluding hydrogens is 268 g/mol. The first-order valence-electron chi connectivity index (χ1n) is 5.44. The van der Waals surface area contributed by atoms with Crippen LogP contribution in [0.5, 0.6) is 0 Å². The lowest BCUT2D eigenvalue weighted by molar-refractivity contribution is -0.249. The zero-order valence-corrected chi connectivity index (χ0v) is 12.0. The molecule has 0 N–H and O–H groups in total. The summed E-state index contributed by atoms with van der Waals surface area (Å²) in [6.07, 6.45) is 2.83. The first-order valence-corrected chi connectivity index (χ1v) is 7.07. The van der Waals surface area contributed by atoms with Crippen molar-refractivity contribution >= 4 is 21.1 Å². The number of benzene rings is 1. The van der Waals surface area contributed by atoms with Crippen LogP contribution in [0.1, 0.15) is 5.56 Å². The standard InChI is InChI=1S/C12H16O6Si/c1-14-19(15-2,16-3)18-17-12(13)10-9-11-7-5-4-6-8-11/h4-10H,1-3H3/b10-9+. The smallest absolute Gasteiger partial charge is 0.353 e. The Morgan fingerprint density at radius 1 is 1.05 bits per heavy atom. The molecule has 19 heavy (non-hydrogen) atoms. The predicted molar refractivity (Wildman–Crippen MR) is 69.4 cm³/mol. The summed E-state index contributed by atoms with van der Waals surface area (Å²) in [6.45, 7) is 0. The number of carbonyl (C=O) groups excluding carboxylic acids is 1.